The molecule has 0 radical (unpaired) electrons. The van der Waals surface area contributed by atoms with Crippen molar-refractivity contribution in [1.29, 1.82) is 0 Å². The topological polar surface area (TPSA) is 124 Å². The van der Waals surface area contributed by atoms with Gasteiger partial charge in [0.25, 0.3) is 5.91 Å². The van der Waals surface area contributed by atoms with E-state index >= 15 is 0 Å². The number of nitrogens with one attached hydrogen (secondary N) is 3. The Labute approximate surface area is 193 Å². The smallest absolute Gasteiger partial charge is 0.251 e. The van der Waals surface area contributed by atoms with E-state index in [1.54, 1.807) is 13.8 Å². The lowest BCUT2D eigenvalue weighted by Gasteiger charge is -2.22. The molecule has 0 aliphatic rings. The van der Waals surface area contributed by atoms with Gasteiger partial charge in [-0.05, 0) is 36.2 Å². The van der Waals surface area contributed by atoms with Crippen molar-refractivity contribution in [2.45, 2.75) is 38.6 Å². The zero-order valence-electron chi connectivity index (χ0n) is 19.1. The molecule has 1 atom stereocenters. The van der Waals surface area contributed by atoms with Gasteiger partial charge in [0, 0.05) is 18.7 Å². The van der Waals surface area contributed by atoms with Crippen LogP contribution in [-0.2, 0) is 14.8 Å². The van der Waals surface area contributed by atoms with Crippen LogP contribution in [0.1, 0.15) is 38.1 Å². The Balaban J connectivity index is 1.78. The van der Waals surface area contributed by atoms with E-state index in [0.717, 1.165) is 5.52 Å². The molecule has 0 saturated heterocycles. The maximum Gasteiger partial charge on any atom is 0.251 e. The Kier molecular flexibility index (Phi) is 7.50. The molecule has 0 aliphatic carbocycles. The van der Waals surface area contributed by atoms with Gasteiger partial charge in [0.15, 0.2) is 0 Å². The highest BCUT2D eigenvalue weighted by Crippen LogP contribution is 2.18. The number of hydrogen-bond acceptors (Lipinski definition) is 5. The number of nitrogens with zero attached hydrogens (tertiary/aromatic N) is 2. The first kappa shape index (κ1) is 24.4. The Morgan fingerprint density at radius 3 is 2.39 bits per heavy atom. The summed E-state index contributed by atoms with van der Waals surface area (Å²) in [5.74, 6) is -0.899. The fourth-order valence-corrected chi connectivity index (χ4v) is 4.98. The third-order valence-corrected chi connectivity index (χ3v) is 7.35. The minimum atomic E-state index is -3.71. The van der Waals surface area contributed by atoms with Crippen LogP contribution in [0.3, 0.4) is 0 Å². The summed E-state index contributed by atoms with van der Waals surface area (Å²) in [6.45, 7) is 7.78. The average molecular weight is 472 g/mol. The van der Waals surface area contributed by atoms with Gasteiger partial charge in [-0.25, -0.2) is 13.4 Å². The van der Waals surface area contributed by atoms with Crippen molar-refractivity contribution in [3.8, 4) is 0 Å². The Morgan fingerprint density at radius 1 is 1.06 bits per heavy atom. The normalized spacial score (nSPS) is 12.8. The second-order valence-electron chi connectivity index (χ2n) is 7.90. The number of sulfonamides is 1. The van der Waals surface area contributed by atoms with Crippen molar-refractivity contribution in [2.75, 3.05) is 18.4 Å². The fourth-order valence-electron chi connectivity index (χ4n) is 3.48. The number of imidazole rings is 1. The Hall–Kier alpha value is -3.24. The lowest BCUT2D eigenvalue weighted by molar-refractivity contribution is -0.118. The molecule has 33 heavy (non-hydrogen) atoms. The third kappa shape index (κ3) is 5.40. The highest BCUT2D eigenvalue weighted by Gasteiger charge is 2.27. The van der Waals surface area contributed by atoms with E-state index in [4.69, 9.17) is 0 Å². The van der Waals surface area contributed by atoms with Crippen molar-refractivity contribution >= 4 is 38.8 Å². The first-order valence-electron chi connectivity index (χ1n) is 10.8. The molecule has 0 spiro atoms. The molecular formula is C23H29N5O4S. The van der Waals surface area contributed by atoms with Crippen LogP contribution in [0, 0.1) is 5.92 Å². The van der Waals surface area contributed by atoms with Crippen molar-refractivity contribution in [1.82, 2.24) is 19.6 Å². The summed E-state index contributed by atoms with van der Waals surface area (Å²) in [6, 6.07) is 12.3. The molecule has 9 nitrogen and oxygen atoms in total. The summed E-state index contributed by atoms with van der Waals surface area (Å²) >= 11 is 0. The van der Waals surface area contributed by atoms with Crippen molar-refractivity contribution in [2.24, 2.45) is 5.92 Å². The van der Waals surface area contributed by atoms with E-state index in [2.05, 4.69) is 20.6 Å². The zero-order valence-corrected chi connectivity index (χ0v) is 19.9. The standard InChI is InChI=1S/C23H29N5O4S/c1-5-28(6-2)33(31,32)17-11-9-10-16(14-17)21(29)26-20(15(3)4)22(30)27-23-24-18-12-7-8-13-19(18)25-23/h7-15,20H,5-6H2,1-4H3,(H,26,29)(H2,24,25,27,30). The molecule has 0 saturated carbocycles. The number of anilines is 1. The summed E-state index contributed by atoms with van der Waals surface area (Å²) in [6.07, 6.45) is 0. The molecule has 3 aromatic rings. The number of para-hydroxylation sites is 2. The van der Waals surface area contributed by atoms with Crippen molar-refractivity contribution < 1.29 is 18.0 Å². The van der Waals surface area contributed by atoms with Crippen LogP contribution in [0.2, 0.25) is 0 Å². The number of carbonyl (C=O) groups is 2. The molecule has 2 amide bonds. The highest BCUT2D eigenvalue weighted by atomic mass is 32.2. The Bertz CT molecular complexity index is 1220. The molecular weight excluding hydrogens is 442 g/mol. The number of carbonyl (C=O) groups excluding carboxylic acids is 2. The van der Waals surface area contributed by atoms with Gasteiger partial charge in [-0.1, -0.05) is 45.9 Å². The van der Waals surface area contributed by atoms with Gasteiger partial charge in [-0.15, -0.1) is 0 Å². The van der Waals surface area contributed by atoms with E-state index < -0.39 is 27.9 Å². The largest absolute Gasteiger partial charge is 0.340 e. The number of benzene rings is 2. The summed E-state index contributed by atoms with van der Waals surface area (Å²) in [4.78, 5) is 33.2. The SMILES string of the molecule is CCN(CC)S(=O)(=O)c1cccc(C(=O)NC(C(=O)Nc2nc3ccccc3[nH]2)C(C)C)c1. The van der Waals surface area contributed by atoms with Crippen LogP contribution in [0.4, 0.5) is 5.95 Å². The number of rotatable bonds is 9. The molecule has 10 heteroatoms. The van der Waals surface area contributed by atoms with Gasteiger partial charge in [-0.2, -0.15) is 4.31 Å². The van der Waals surface area contributed by atoms with Gasteiger partial charge in [0.2, 0.25) is 21.9 Å². The van der Waals surface area contributed by atoms with E-state index in [9.17, 15) is 18.0 Å². The monoisotopic (exact) mass is 471 g/mol. The minimum absolute atomic E-state index is 0.0340. The predicted octanol–water partition coefficient (Wildman–Crippen LogP) is 2.99. The van der Waals surface area contributed by atoms with Crippen molar-refractivity contribution in [3.63, 3.8) is 0 Å². The molecule has 0 bridgehead atoms. The molecule has 1 aromatic heterocycles. The van der Waals surface area contributed by atoms with Gasteiger partial charge >= 0.3 is 0 Å². The van der Waals surface area contributed by atoms with Crippen LogP contribution >= 0.6 is 0 Å². The second-order valence-corrected chi connectivity index (χ2v) is 9.84. The van der Waals surface area contributed by atoms with Gasteiger partial charge in [0.05, 0.1) is 15.9 Å². The number of aromatic nitrogens is 2. The third-order valence-electron chi connectivity index (χ3n) is 5.31. The highest BCUT2D eigenvalue weighted by molar-refractivity contribution is 7.89. The lowest BCUT2D eigenvalue weighted by atomic mass is 10.0. The van der Waals surface area contributed by atoms with Crippen molar-refractivity contribution in [3.05, 3.63) is 54.1 Å². The van der Waals surface area contributed by atoms with E-state index in [0.29, 0.717) is 18.6 Å². The van der Waals surface area contributed by atoms with Crippen LogP contribution in [0.15, 0.2) is 53.4 Å². The fraction of sp³-hybridized carbons (Fsp3) is 0.348. The Morgan fingerprint density at radius 2 is 1.76 bits per heavy atom. The molecule has 3 N–H and O–H groups in total. The van der Waals surface area contributed by atoms with Gasteiger partial charge in [0.1, 0.15) is 6.04 Å². The molecule has 176 valence electrons. The first-order chi connectivity index (χ1) is 15.7. The van der Waals surface area contributed by atoms with E-state index in [-0.39, 0.29) is 22.3 Å². The summed E-state index contributed by atoms with van der Waals surface area (Å²) < 4.78 is 26.9. The number of fused-ring (bicyclic) bond motifs is 1. The summed E-state index contributed by atoms with van der Waals surface area (Å²) in [5.41, 5.74) is 1.65. The van der Waals surface area contributed by atoms with E-state index in [1.165, 1.54) is 28.6 Å². The van der Waals surface area contributed by atoms with Crippen LogP contribution in [0.25, 0.3) is 11.0 Å². The summed E-state index contributed by atoms with van der Waals surface area (Å²) in [5, 5.41) is 5.43. The van der Waals surface area contributed by atoms with Crippen LogP contribution in [-0.4, -0.2) is 53.6 Å². The number of H-pyrrole nitrogens is 1. The zero-order chi connectivity index (χ0) is 24.2. The predicted molar refractivity (Wildman–Crippen MR) is 127 cm³/mol. The number of hydrogen-bond donors (Lipinski definition) is 3. The van der Waals surface area contributed by atoms with Gasteiger partial charge in [-0.3, -0.25) is 14.9 Å². The molecule has 3 rings (SSSR count). The lowest BCUT2D eigenvalue weighted by Crippen LogP contribution is -2.47. The second kappa shape index (κ2) is 10.1. The molecule has 1 unspecified atom stereocenters. The number of amides is 2. The maximum absolute atomic E-state index is 12.9. The molecule has 0 aliphatic heterocycles. The average Bonchev–Trinajstić information content (AvgIpc) is 3.20. The molecule has 0 fully saturated rings. The van der Waals surface area contributed by atoms with Gasteiger partial charge < -0.3 is 10.3 Å². The quantitative estimate of drug-likeness (QED) is 0.443. The number of aromatic amines is 1. The van der Waals surface area contributed by atoms with Crippen LogP contribution in [0.5, 0.6) is 0 Å². The maximum atomic E-state index is 12.9. The van der Waals surface area contributed by atoms with E-state index in [1.807, 2.05) is 38.1 Å². The molecule has 2 aromatic carbocycles. The molecule has 1 heterocycles. The minimum Gasteiger partial charge on any atom is -0.340 e. The van der Waals surface area contributed by atoms with Crippen LogP contribution < -0.4 is 10.6 Å². The summed E-state index contributed by atoms with van der Waals surface area (Å²) in [7, 11) is -3.71. The first-order valence-corrected chi connectivity index (χ1v) is 12.3.